The van der Waals surface area contributed by atoms with Crippen LogP contribution < -0.4 is 0 Å². The van der Waals surface area contributed by atoms with E-state index in [0.29, 0.717) is 23.4 Å². The Morgan fingerprint density at radius 1 is 1.29 bits per heavy atom. The van der Waals surface area contributed by atoms with Gasteiger partial charge in [0.15, 0.2) is 9.84 Å². The third-order valence-corrected chi connectivity index (χ3v) is 5.82. The second kappa shape index (κ2) is 4.96. The fraction of sp³-hybridized carbons (Fsp3) is 0.500. The van der Waals surface area contributed by atoms with Gasteiger partial charge in [0, 0.05) is 10.6 Å². The van der Waals surface area contributed by atoms with Crippen LogP contribution in [0.3, 0.4) is 0 Å². The highest BCUT2D eigenvalue weighted by molar-refractivity contribution is 7.92. The Hall–Kier alpha value is -0.580. The van der Waals surface area contributed by atoms with Gasteiger partial charge in [-0.25, -0.2) is 8.42 Å². The van der Waals surface area contributed by atoms with E-state index in [1.165, 1.54) is 0 Å². The van der Waals surface area contributed by atoms with Crippen molar-refractivity contribution in [3.63, 3.8) is 0 Å². The van der Waals surface area contributed by atoms with Gasteiger partial charge in [-0.05, 0) is 18.9 Å². The van der Waals surface area contributed by atoms with Crippen molar-refractivity contribution in [3.05, 3.63) is 34.9 Å². The summed E-state index contributed by atoms with van der Waals surface area (Å²) < 4.78 is 23.8. The number of benzene rings is 1. The molecule has 0 aromatic heterocycles. The van der Waals surface area contributed by atoms with E-state index in [-0.39, 0.29) is 5.75 Å². The molecule has 1 aliphatic rings. The summed E-state index contributed by atoms with van der Waals surface area (Å²) in [5.41, 5.74) is 0.504. The molecule has 0 spiro atoms. The lowest BCUT2D eigenvalue weighted by molar-refractivity contribution is 0.164. The average Bonchev–Trinajstić information content (AvgIpc) is 2.28. The number of aliphatic hydroxyl groups excluding tert-OH is 1. The minimum Gasteiger partial charge on any atom is -0.387 e. The smallest absolute Gasteiger partial charge is 0.156 e. The molecule has 0 amide bonds. The Bertz CT molecular complexity index is 498. The Morgan fingerprint density at radius 3 is 2.65 bits per heavy atom. The molecule has 2 unspecified atom stereocenters. The summed E-state index contributed by atoms with van der Waals surface area (Å²) in [6.07, 6.45) is 1.02. The molecule has 1 heterocycles. The molecule has 1 aliphatic heterocycles. The standard InChI is InChI=1S/C12H15ClO3S/c13-10-6-2-1-5-9(10)12(14)11-7-3-4-8-17(11,15)16/h1-2,5-6,11-12,14H,3-4,7-8H2. The molecule has 1 fully saturated rings. The van der Waals surface area contributed by atoms with Gasteiger partial charge in [-0.3, -0.25) is 0 Å². The van der Waals surface area contributed by atoms with Crippen molar-refractivity contribution >= 4 is 21.4 Å². The van der Waals surface area contributed by atoms with Crippen LogP contribution >= 0.6 is 11.6 Å². The third-order valence-electron chi connectivity index (χ3n) is 3.20. The lowest BCUT2D eigenvalue weighted by Gasteiger charge is -2.27. The molecule has 94 valence electrons. The van der Waals surface area contributed by atoms with Crippen LogP contribution in [-0.4, -0.2) is 24.5 Å². The Kier molecular flexibility index (Phi) is 3.76. The van der Waals surface area contributed by atoms with Crippen LogP contribution in [0.1, 0.15) is 30.9 Å². The lowest BCUT2D eigenvalue weighted by Crippen LogP contribution is -2.33. The number of hydrogen-bond donors (Lipinski definition) is 1. The molecule has 0 saturated carbocycles. The maximum Gasteiger partial charge on any atom is 0.156 e. The first-order valence-corrected chi connectivity index (χ1v) is 7.76. The van der Waals surface area contributed by atoms with Crippen LogP contribution in [0.5, 0.6) is 0 Å². The minimum absolute atomic E-state index is 0.166. The maximum absolute atomic E-state index is 11.9. The minimum atomic E-state index is -3.20. The van der Waals surface area contributed by atoms with Gasteiger partial charge in [0.05, 0.1) is 17.1 Å². The van der Waals surface area contributed by atoms with Crippen LogP contribution in [0.2, 0.25) is 5.02 Å². The molecule has 1 aromatic carbocycles. The van der Waals surface area contributed by atoms with E-state index in [1.54, 1.807) is 24.3 Å². The van der Waals surface area contributed by atoms with Gasteiger partial charge in [-0.15, -0.1) is 0 Å². The van der Waals surface area contributed by atoms with Crippen LogP contribution in [0.4, 0.5) is 0 Å². The molecular formula is C12H15ClO3S. The highest BCUT2D eigenvalue weighted by Gasteiger charge is 2.35. The van der Waals surface area contributed by atoms with Gasteiger partial charge in [-0.2, -0.15) is 0 Å². The van der Waals surface area contributed by atoms with Crippen molar-refractivity contribution < 1.29 is 13.5 Å². The average molecular weight is 275 g/mol. The normalized spacial score (nSPS) is 25.4. The zero-order chi connectivity index (χ0) is 12.5. The van der Waals surface area contributed by atoms with Gasteiger partial charge in [0.25, 0.3) is 0 Å². The fourth-order valence-electron chi connectivity index (χ4n) is 2.25. The van der Waals surface area contributed by atoms with E-state index in [9.17, 15) is 13.5 Å². The molecule has 1 N–H and O–H groups in total. The summed E-state index contributed by atoms with van der Waals surface area (Å²) in [4.78, 5) is 0. The van der Waals surface area contributed by atoms with Crippen LogP contribution in [0.15, 0.2) is 24.3 Å². The van der Waals surface area contributed by atoms with Gasteiger partial charge >= 0.3 is 0 Å². The topological polar surface area (TPSA) is 54.4 Å². The molecule has 5 heteroatoms. The quantitative estimate of drug-likeness (QED) is 0.901. The summed E-state index contributed by atoms with van der Waals surface area (Å²) >= 11 is 5.98. The highest BCUT2D eigenvalue weighted by Crippen LogP contribution is 2.33. The predicted molar refractivity (Wildman–Crippen MR) is 67.8 cm³/mol. The van der Waals surface area contributed by atoms with Crippen LogP contribution in [0, 0.1) is 0 Å². The van der Waals surface area contributed by atoms with Crippen molar-refractivity contribution in [3.8, 4) is 0 Å². The molecule has 1 aromatic rings. The van der Waals surface area contributed by atoms with E-state index in [0.717, 1.165) is 6.42 Å². The fourth-order valence-corrected chi connectivity index (χ4v) is 4.47. The summed E-state index contributed by atoms with van der Waals surface area (Å²) in [5, 5.41) is 9.90. The molecule has 2 atom stereocenters. The van der Waals surface area contributed by atoms with Gasteiger partial charge in [0.1, 0.15) is 0 Å². The number of sulfone groups is 1. The first-order valence-electron chi connectivity index (χ1n) is 5.66. The largest absolute Gasteiger partial charge is 0.387 e. The van der Waals surface area contributed by atoms with Crippen molar-refractivity contribution in [1.82, 2.24) is 0 Å². The molecule has 3 nitrogen and oxygen atoms in total. The SMILES string of the molecule is O=S1(=O)CCCCC1C(O)c1ccccc1Cl. The molecular weight excluding hydrogens is 260 g/mol. The second-order valence-electron chi connectivity index (χ2n) is 4.37. The number of rotatable bonds is 2. The zero-order valence-electron chi connectivity index (χ0n) is 9.34. The molecule has 0 radical (unpaired) electrons. The summed E-state index contributed by atoms with van der Waals surface area (Å²) in [7, 11) is -3.20. The predicted octanol–water partition coefficient (Wildman–Crippen LogP) is 2.34. The zero-order valence-corrected chi connectivity index (χ0v) is 10.9. The summed E-state index contributed by atoms with van der Waals surface area (Å²) in [6, 6.07) is 6.85. The molecule has 0 aliphatic carbocycles. The molecule has 2 rings (SSSR count). The van der Waals surface area contributed by atoms with Crippen molar-refractivity contribution in [2.24, 2.45) is 0 Å². The van der Waals surface area contributed by atoms with E-state index in [2.05, 4.69) is 0 Å². The van der Waals surface area contributed by atoms with E-state index < -0.39 is 21.2 Å². The Balaban J connectivity index is 2.31. The van der Waals surface area contributed by atoms with Crippen molar-refractivity contribution in [2.75, 3.05) is 5.75 Å². The van der Waals surface area contributed by atoms with Crippen LogP contribution in [0.25, 0.3) is 0 Å². The lowest BCUT2D eigenvalue weighted by atomic mass is 10.0. The molecule has 17 heavy (non-hydrogen) atoms. The number of hydrogen-bond acceptors (Lipinski definition) is 3. The number of aliphatic hydroxyl groups is 1. The summed E-state index contributed by atoms with van der Waals surface area (Å²) in [6.45, 7) is 0. The maximum atomic E-state index is 11.9. The second-order valence-corrected chi connectivity index (χ2v) is 7.11. The summed E-state index contributed by atoms with van der Waals surface area (Å²) in [5.74, 6) is 0.166. The van der Waals surface area contributed by atoms with Gasteiger partial charge in [0.2, 0.25) is 0 Å². The molecule has 1 saturated heterocycles. The first kappa shape index (κ1) is 12.9. The van der Waals surface area contributed by atoms with E-state index >= 15 is 0 Å². The van der Waals surface area contributed by atoms with E-state index in [1.807, 2.05) is 0 Å². The third kappa shape index (κ3) is 2.64. The Morgan fingerprint density at radius 2 is 2.00 bits per heavy atom. The highest BCUT2D eigenvalue weighted by atomic mass is 35.5. The van der Waals surface area contributed by atoms with E-state index in [4.69, 9.17) is 11.6 Å². The monoisotopic (exact) mass is 274 g/mol. The van der Waals surface area contributed by atoms with Gasteiger partial charge < -0.3 is 5.11 Å². The number of halogens is 1. The Labute approximate surface area is 106 Å². The first-order chi connectivity index (χ1) is 8.02. The molecule has 0 bridgehead atoms. The van der Waals surface area contributed by atoms with Gasteiger partial charge in [-0.1, -0.05) is 36.2 Å². The van der Waals surface area contributed by atoms with Crippen LogP contribution in [-0.2, 0) is 9.84 Å². The van der Waals surface area contributed by atoms with Crippen molar-refractivity contribution in [1.29, 1.82) is 0 Å². The van der Waals surface area contributed by atoms with Crippen molar-refractivity contribution in [2.45, 2.75) is 30.6 Å².